The van der Waals surface area contributed by atoms with Crippen LogP contribution in [0.5, 0.6) is 5.75 Å². The maximum Gasteiger partial charge on any atom is 0.279 e. The number of aryl methyl sites for hydroxylation is 2. The van der Waals surface area contributed by atoms with Crippen LogP contribution in [0.1, 0.15) is 16.7 Å². The van der Waals surface area contributed by atoms with E-state index in [-0.39, 0.29) is 5.91 Å². The van der Waals surface area contributed by atoms with Gasteiger partial charge in [0.15, 0.2) is 6.54 Å². The summed E-state index contributed by atoms with van der Waals surface area (Å²) in [5, 5.41) is 2.99. The number of likely N-dealkylation sites (N-methyl/N-ethyl adjacent to an activating group) is 1. The minimum Gasteiger partial charge on any atom is -0.497 e. The minimum absolute atomic E-state index is 0.0305. The number of hydrogen-bond acceptors (Lipinski definition) is 2. The van der Waals surface area contributed by atoms with E-state index >= 15 is 0 Å². The number of ether oxygens (including phenoxy) is 1. The van der Waals surface area contributed by atoms with Gasteiger partial charge in [0.25, 0.3) is 5.91 Å². The Labute approximate surface area is 138 Å². The molecule has 1 unspecified atom stereocenters. The zero-order valence-corrected chi connectivity index (χ0v) is 14.3. The number of carbonyl (C=O) groups is 1. The number of benzene rings is 2. The topological polar surface area (TPSA) is 42.8 Å². The standard InChI is InChI=1S/C19H24N2O2/c1-14-5-10-18(15(2)11-14)20-19(22)13-21(3)12-16-6-8-17(23-4)9-7-16/h5-11H,12-13H2,1-4H3,(H,20,22)/p+1. The summed E-state index contributed by atoms with van der Waals surface area (Å²) < 4.78 is 5.15. The van der Waals surface area contributed by atoms with Gasteiger partial charge in [-0.05, 0) is 49.7 Å². The first-order valence-electron chi connectivity index (χ1n) is 7.79. The normalized spacial score (nSPS) is 11.8. The van der Waals surface area contributed by atoms with Crippen molar-refractivity contribution >= 4 is 11.6 Å². The lowest BCUT2D eigenvalue weighted by atomic mass is 10.1. The molecule has 0 heterocycles. The number of amides is 1. The third-order valence-electron chi connectivity index (χ3n) is 3.78. The maximum atomic E-state index is 12.2. The zero-order chi connectivity index (χ0) is 16.8. The van der Waals surface area contributed by atoms with Crippen molar-refractivity contribution in [3.05, 3.63) is 59.2 Å². The van der Waals surface area contributed by atoms with Crippen molar-refractivity contribution in [2.45, 2.75) is 20.4 Å². The van der Waals surface area contributed by atoms with E-state index < -0.39 is 0 Å². The molecule has 23 heavy (non-hydrogen) atoms. The molecular weight excluding hydrogens is 288 g/mol. The Balaban J connectivity index is 1.88. The summed E-state index contributed by atoms with van der Waals surface area (Å²) in [6.45, 7) is 5.28. The van der Waals surface area contributed by atoms with Gasteiger partial charge >= 0.3 is 0 Å². The first-order valence-corrected chi connectivity index (χ1v) is 7.79. The number of carbonyl (C=O) groups excluding carboxylic acids is 1. The predicted molar refractivity (Wildman–Crippen MR) is 93.0 cm³/mol. The number of methoxy groups -OCH3 is 1. The number of rotatable bonds is 6. The Morgan fingerprint density at radius 1 is 1.13 bits per heavy atom. The summed E-state index contributed by atoms with van der Waals surface area (Å²) in [6, 6.07) is 14.0. The van der Waals surface area contributed by atoms with Gasteiger partial charge < -0.3 is 15.0 Å². The van der Waals surface area contributed by atoms with Crippen LogP contribution in [-0.4, -0.2) is 26.6 Å². The van der Waals surface area contributed by atoms with Gasteiger partial charge in [0, 0.05) is 11.3 Å². The average Bonchev–Trinajstić information content (AvgIpc) is 2.50. The first-order chi connectivity index (χ1) is 11.0. The van der Waals surface area contributed by atoms with Crippen molar-refractivity contribution in [3.63, 3.8) is 0 Å². The fraction of sp³-hybridized carbons (Fsp3) is 0.316. The lowest BCUT2D eigenvalue weighted by Crippen LogP contribution is -3.08. The van der Waals surface area contributed by atoms with E-state index in [1.54, 1.807) is 7.11 Å². The monoisotopic (exact) mass is 313 g/mol. The Morgan fingerprint density at radius 2 is 1.83 bits per heavy atom. The van der Waals surface area contributed by atoms with E-state index in [0.29, 0.717) is 6.54 Å². The molecule has 0 fully saturated rings. The van der Waals surface area contributed by atoms with Crippen LogP contribution in [-0.2, 0) is 11.3 Å². The van der Waals surface area contributed by atoms with Crippen LogP contribution in [0.15, 0.2) is 42.5 Å². The lowest BCUT2D eigenvalue weighted by molar-refractivity contribution is -0.885. The highest BCUT2D eigenvalue weighted by molar-refractivity contribution is 5.92. The molecule has 0 aliphatic rings. The van der Waals surface area contributed by atoms with Crippen LogP contribution in [0.25, 0.3) is 0 Å². The Kier molecular flexibility index (Phi) is 5.77. The highest BCUT2D eigenvalue weighted by atomic mass is 16.5. The largest absolute Gasteiger partial charge is 0.497 e. The summed E-state index contributed by atoms with van der Waals surface area (Å²) in [4.78, 5) is 13.3. The molecule has 0 aliphatic carbocycles. The van der Waals surface area contributed by atoms with Gasteiger partial charge in [-0.1, -0.05) is 17.7 Å². The van der Waals surface area contributed by atoms with E-state index in [1.165, 1.54) is 11.1 Å². The highest BCUT2D eigenvalue weighted by Crippen LogP contribution is 2.15. The second-order valence-corrected chi connectivity index (χ2v) is 6.03. The average molecular weight is 313 g/mol. The van der Waals surface area contributed by atoms with Crippen LogP contribution in [0.4, 0.5) is 5.69 Å². The molecule has 0 aromatic heterocycles. The molecule has 1 atom stereocenters. The molecule has 0 spiro atoms. The second kappa shape index (κ2) is 7.79. The van der Waals surface area contributed by atoms with Gasteiger partial charge in [-0.2, -0.15) is 0 Å². The molecule has 122 valence electrons. The Hall–Kier alpha value is -2.33. The number of nitrogens with one attached hydrogen (secondary N) is 2. The second-order valence-electron chi connectivity index (χ2n) is 6.03. The van der Waals surface area contributed by atoms with E-state index in [9.17, 15) is 4.79 Å². The molecule has 2 aromatic carbocycles. The molecular formula is C19H25N2O2+. The van der Waals surface area contributed by atoms with Crippen molar-refractivity contribution in [1.82, 2.24) is 0 Å². The van der Waals surface area contributed by atoms with Crippen molar-refractivity contribution in [2.24, 2.45) is 0 Å². The highest BCUT2D eigenvalue weighted by Gasteiger charge is 2.12. The summed E-state index contributed by atoms with van der Waals surface area (Å²) in [6.07, 6.45) is 0. The van der Waals surface area contributed by atoms with Crippen LogP contribution < -0.4 is 15.0 Å². The first kappa shape index (κ1) is 17.0. The molecule has 4 heteroatoms. The zero-order valence-electron chi connectivity index (χ0n) is 14.3. The van der Waals surface area contributed by atoms with Crippen LogP contribution in [0.3, 0.4) is 0 Å². The van der Waals surface area contributed by atoms with Crippen LogP contribution >= 0.6 is 0 Å². The molecule has 0 saturated heterocycles. The summed E-state index contributed by atoms with van der Waals surface area (Å²) in [7, 11) is 3.68. The molecule has 0 bridgehead atoms. The third-order valence-corrected chi connectivity index (χ3v) is 3.78. The smallest absolute Gasteiger partial charge is 0.279 e. The molecule has 0 radical (unpaired) electrons. The predicted octanol–water partition coefficient (Wildman–Crippen LogP) is 1.97. The van der Waals surface area contributed by atoms with Gasteiger partial charge in [-0.25, -0.2) is 0 Å². The van der Waals surface area contributed by atoms with Crippen LogP contribution in [0, 0.1) is 13.8 Å². The summed E-state index contributed by atoms with van der Waals surface area (Å²) >= 11 is 0. The molecule has 1 amide bonds. The molecule has 0 saturated carbocycles. The SMILES string of the molecule is COc1ccc(C[NH+](C)CC(=O)Nc2ccc(C)cc2C)cc1. The van der Waals surface area contributed by atoms with Crippen molar-refractivity contribution in [2.75, 3.05) is 26.0 Å². The number of hydrogen-bond donors (Lipinski definition) is 2. The quantitative estimate of drug-likeness (QED) is 0.856. The fourth-order valence-electron chi connectivity index (χ4n) is 2.58. The van der Waals surface area contributed by atoms with Crippen molar-refractivity contribution in [3.8, 4) is 5.75 Å². The van der Waals surface area contributed by atoms with Crippen molar-refractivity contribution in [1.29, 1.82) is 0 Å². The molecule has 4 nitrogen and oxygen atoms in total. The molecule has 2 aromatic rings. The maximum absolute atomic E-state index is 12.2. The van der Waals surface area contributed by atoms with Crippen molar-refractivity contribution < 1.29 is 14.4 Å². The summed E-state index contributed by atoms with van der Waals surface area (Å²) in [5.41, 5.74) is 4.36. The minimum atomic E-state index is 0.0305. The number of anilines is 1. The van der Waals surface area contributed by atoms with E-state index in [1.807, 2.05) is 57.3 Å². The van der Waals surface area contributed by atoms with Gasteiger partial charge in [0.2, 0.25) is 0 Å². The van der Waals surface area contributed by atoms with Crippen LogP contribution in [0.2, 0.25) is 0 Å². The van der Waals surface area contributed by atoms with Gasteiger partial charge in [0.1, 0.15) is 12.3 Å². The number of quaternary nitrogens is 1. The fourth-order valence-corrected chi connectivity index (χ4v) is 2.58. The summed E-state index contributed by atoms with van der Waals surface area (Å²) in [5.74, 6) is 0.877. The third kappa shape index (κ3) is 5.11. The molecule has 2 N–H and O–H groups in total. The van der Waals surface area contributed by atoms with Gasteiger partial charge in [0.05, 0.1) is 14.2 Å². The Bertz CT molecular complexity index is 666. The van der Waals surface area contributed by atoms with E-state index in [0.717, 1.165) is 28.4 Å². The lowest BCUT2D eigenvalue weighted by Gasteiger charge is -2.15. The van der Waals surface area contributed by atoms with Gasteiger partial charge in [-0.15, -0.1) is 0 Å². The molecule has 0 aliphatic heterocycles. The Morgan fingerprint density at radius 3 is 2.43 bits per heavy atom. The molecule has 2 rings (SSSR count). The van der Waals surface area contributed by atoms with E-state index in [2.05, 4.69) is 11.4 Å². The van der Waals surface area contributed by atoms with Gasteiger partial charge in [-0.3, -0.25) is 4.79 Å². The van der Waals surface area contributed by atoms with E-state index in [4.69, 9.17) is 4.74 Å².